The van der Waals surface area contributed by atoms with Gasteiger partial charge in [-0.05, 0) is 55.5 Å². The summed E-state index contributed by atoms with van der Waals surface area (Å²) in [4.78, 5) is 83.1. The molecule has 2 bridgehead atoms. The highest BCUT2D eigenvalue weighted by Crippen LogP contribution is 2.64. The monoisotopic (exact) mass is 879 g/mol. The molecule has 3 fully saturated rings. The van der Waals surface area contributed by atoms with Gasteiger partial charge >= 0.3 is 23.9 Å². The molecule has 1 heterocycles. The highest BCUT2D eigenvalue weighted by atomic mass is 16.6. The van der Waals surface area contributed by atoms with Gasteiger partial charge < -0.3 is 54.5 Å². The Morgan fingerprint density at radius 1 is 0.921 bits per heavy atom. The molecule has 342 valence electrons. The molecule has 1 saturated heterocycles. The number of hydrogen-bond donors (Lipinski definition) is 6. The fourth-order valence-corrected chi connectivity index (χ4v) is 10.2. The van der Waals surface area contributed by atoms with Crippen LogP contribution in [0.15, 0.2) is 71.8 Å². The van der Waals surface area contributed by atoms with Crippen molar-refractivity contribution in [2.24, 2.45) is 16.7 Å². The summed E-state index contributed by atoms with van der Waals surface area (Å²) >= 11 is 0. The number of nitrogens with one attached hydrogen (secondary N) is 1. The summed E-state index contributed by atoms with van der Waals surface area (Å²) in [6.45, 7) is 7.37. The van der Waals surface area contributed by atoms with Gasteiger partial charge in [-0.2, -0.15) is 0 Å². The molecule has 0 aromatic heterocycles. The van der Waals surface area contributed by atoms with E-state index in [0.29, 0.717) is 5.56 Å². The number of aliphatic hydroxyl groups excluding tert-OH is 4. The maximum Gasteiger partial charge on any atom is 0.338 e. The zero-order valence-electron chi connectivity index (χ0n) is 36.1. The molecule has 63 heavy (non-hydrogen) atoms. The standard InChI is InChI=1S/C46H57NO16/c1-24-30(61-42(57)36(54)35(27-14-9-7-10-15-27)47-33(53)19-13-18-29(51)22-48)21-46(58)40(62-41(56)28-16-11-8-12-17-28)38-44(6,31(52)20-32-45(38,23-59-32)63-26(3)50)39(55)37(60-25(2)49)34(24)43(46,4)5/h7-12,14-17,29-32,35-38,40,48,51-52,54,58H,13,18-23H2,1-6H3,(H,47,53)/t29?,30-,31-,32+,35-,36+,37+,38-,40-,44+,45-,46+/m0/s1. The van der Waals surface area contributed by atoms with Crippen molar-refractivity contribution < 1.29 is 78.0 Å². The van der Waals surface area contributed by atoms with Crippen LogP contribution in [0.1, 0.15) is 95.6 Å². The fourth-order valence-electron chi connectivity index (χ4n) is 10.2. The summed E-state index contributed by atoms with van der Waals surface area (Å²) in [6.07, 6.45) is -11.5. The predicted octanol–water partition coefficient (Wildman–Crippen LogP) is 1.95. The first kappa shape index (κ1) is 47.4. The zero-order valence-corrected chi connectivity index (χ0v) is 36.1. The summed E-state index contributed by atoms with van der Waals surface area (Å²) < 4.78 is 30.2. The van der Waals surface area contributed by atoms with E-state index in [2.05, 4.69) is 5.32 Å². The van der Waals surface area contributed by atoms with E-state index in [-0.39, 0.29) is 49.0 Å². The Hall–Kier alpha value is -5.04. The summed E-state index contributed by atoms with van der Waals surface area (Å²) in [5, 5.41) is 59.0. The van der Waals surface area contributed by atoms with E-state index in [0.717, 1.165) is 13.8 Å². The second kappa shape index (κ2) is 18.2. The van der Waals surface area contributed by atoms with Crippen LogP contribution in [-0.4, -0.2) is 128 Å². The van der Waals surface area contributed by atoms with Gasteiger partial charge in [-0.3, -0.25) is 19.2 Å². The molecule has 3 aliphatic carbocycles. The average Bonchev–Trinajstić information content (AvgIpc) is 3.23. The van der Waals surface area contributed by atoms with E-state index in [1.807, 2.05) is 0 Å². The molecule has 2 aromatic carbocycles. The molecule has 2 aromatic rings. The number of fused-ring (bicyclic) bond motifs is 5. The zero-order chi connectivity index (χ0) is 46.2. The first-order valence-electron chi connectivity index (χ1n) is 21.1. The van der Waals surface area contributed by atoms with Crippen LogP contribution in [0.4, 0.5) is 0 Å². The second-order valence-electron chi connectivity index (χ2n) is 17.8. The maximum atomic E-state index is 15.5. The number of benzene rings is 2. The van der Waals surface area contributed by atoms with E-state index in [9.17, 15) is 44.4 Å². The van der Waals surface area contributed by atoms with Crippen molar-refractivity contribution >= 4 is 35.6 Å². The number of esters is 4. The number of carbonyl (C=O) groups is 6. The van der Waals surface area contributed by atoms with Gasteiger partial charge in [-0.25, -0.2) is 9.59 Å². The Bertz CT molecular complexity index is 2110. The SMILES string of the molecule is CC(=O)O[C@H]1C(=O)[C@@]2(C)[C@H]([C@H](OC(=O)c3ccccc3)[C@]3(O)C[C@H](OC(=O)[C@H](O)[C@@H](NC(=O)CCCC(O)CO)c4ccccc4)C(C)=C1C3(C)C)[C@]1(OC(C)=O)CO[C@@H]1C[C@@H]2O. The third kappa shape index (κ3) is 8.54. The van der Waals surface area contributed by atoms with Gasteiger partial charge in [0, 0.05) is 38.5 Å². The number of ether oxygens (including phenoxy) is 5. The Kier molecular flexibility index (Phi) is 13.7. The molecule has 2 saturated carbocycles. The van der Waals surface area contributed by atoms with Gasteiger partial charge in [0.1, 0.15) is 23.9 Å². The van der Waals surface area contributed by atoms with Crippen molar-refractivity contribution in [1.82, 2.24) is 5.32 Å². The van der Waals surface area contributed by atoms with Gasteiger partial charge in [0.05, 0.1) is 48.4 Å². The number of carbonyl (C=O) groups excluding carboxylic acids is 6. The van der Waals surface area contributed by atoms with Crippen LogP contribution in [0.3, 0.4) is 0 Å². The molecule has 4 aliphatic rings. The van der Waals surface area contributed by atoms with Gasteiger partial charge in [0.25, 0.3) is 0 Å². The third-order valence-electron chi connectivity index (χ3n) is 13.6. The van der Waals surface area contributed by atoms with Crippen LogP contribution >= 0.6 is 0 Å². The lowest BCUT2D eigenvalue weighted by Gasteiger charge is -2.67. The summed E-state index contributed by atoms with van der Waals surface area (Å²) in [5.41, 5.74) is -7.45. The highest BCUT2D eigenvalue weighted by Gasteiger charge is 2.78. The average molecular weight is 880 g/mol. The Balaban J connectivity index is 1.49. The number of rotatable bonds is 14. The molecule has 1 unspecified atom stereocenters. The predicted molar refractivity (Wildman–Crippen MR) is 219 cm³/mol. The van der Waals surface area contributed by atoms with Gasteiger partial charge in [-0.1, -0.05) is 62.4 Å². The number of ketones is 1. The maximum absolute atomic E-state index is 15.5. The minimum absolute atomic E-state index is 0.0251. The lowest BCUT2D eigenvalue weighted by Crippen LogP contribution is -2.82. The van der Waals surface area contributed by atoms with Gasteiger partial charge in [0.2, 0.25) is 5.91 Å². The topological polar surface area (TPSA) is 262 Å². The second-order valence-corrected chi connectivity index (χ2v) is 17.8. The molecule has 12 atom stereocenters. The molecule has 17 nitrogen and oxygen atoms in total. The van der Waals surface area contributed by atoms with Gasteiger partial charge in [0.15, 0.2) is 23.6 Å². The van der Waals surface area contributed by atoms with Gasteiger partial charge in [-0.15, -0.1) is 0 Å². The van der Waals surface area contributed by atoms with E-state index >= 15 is 4.79 Å². The van der Waals surface area contributed by atoms with Crippen molar-refractivity contribution in [2.45, 2.75) is 134 Å². The normalized spacial score (nSPS) is 32.1. The van der Waals surface area contributed by atoms with E-state index in [4.69, 9.17) is 28.8 Å². The van der Waals surface area contributed by atoms with Crippen molar-refractivity contribution in [3.8, 4) is 0 Å². The summed E-state index contributed by atoms with van der Waals surface area (Å²) in [7, 11) is 0. The first-order valence-corrected chi connectivity index (χ1v) is 21.1. The van der Waals surface area contributed by atoms with E-state index < -0.39 is 125 Å². The first-order chi connectivity index (χ1) is 29.6. The minimum Gasteiger partial charge on any atom is -0.456 e. The lowest BCUT2D eigenvalue weighted by molar-refractivity contribution is -0.346. The molecule has 6 N–H and O–H groups in total. The van der Waals surface area contributed by atoms with E-state index in [1.165, 1.54) is 26.0 Å². The Morgan fingerprint density at radius 3 is 2.13 bits per heavy atom. The quantitative estimate of drug-likeness (QED) is 0.0900. The highest BCUT2D eigenvalue weighted by molar-refractivity contribution is 5.95. The molecular weight excluding hydrogens is 822 g/mol. The smallest absolute Gasteiger partial charge is 0.338 e. The Morgan fingerprint density at radius 2 is 1.56 bits per heavy atom. The van der Waals surface area contributed by atoms with Crippen LogP contribution in [0, 0.1) is 16.7 Å². The van der Waals surface area contributed by atoms with Crippen LogP contribution in [0.25, 0.3) is 0 Å². The third-order valence-corrected chi connectivity index (χ3v) is 13.6. The fraction of sp³-hybridized carbons (Fsp3) is 0.565. The number of hydrogen-bond acceptors (Lipinski definition) is 16. The largest absolute Gasteiger partial charge is 0.456 e. The van der Waals surface area contributed by atoms with Crippen molar-refractivity contribution in [3.05, 3.63) is 82.9 Å². The number of amides is 1. The van der Waals surface area contributed by atoms with Crippen LogP contribution in [0.2, 0.25) is 0 Å². The molecule has 1 amide bonds. The minimum atomic E-state index is -2.41. The molecule has 0 radical (unpaired) electrons. The molecular formula is C46H57NO16. The number of aliphatic hydroxyl groups is 5. The van der Waals surface area contributed by atoms with Crippen LogP contribution in [-0.2, 0) is 47.7 Å². The molecule has 1 aliphatic heterocycles. The van der Waals surface area contributed by atoms with Crippen molar-refractivity contribution in [3.63, 3.8) is 0 Å². The van der Waals surface area contributed by atoms with Crippen molar-refractivity contribution in [2.75, 3.05) is 13.2 Å². The van der Waals surface area contributed by atoms with E-state index in [1.54, 1.807) is 62.4 Å². The Labute approximate surface area is 364 Å². The lowest BCUT2D eigenvalue weighted by atomic mass is 9.44. The molecule has 6 rings (SSSR count). The number of Topliss-reactive ketones (excluding diaryl/α,β-unsaturated/α-hetero) is 1. The summed E-state index contributed by atoms with van der Waals surface area (Å²) in [6, 6.07) is 14.5. The van der Waals surface area contributed by atoms with Crippen LogP contribution in [0.5, 0.6) is 0 Å². The summed E-state index contributed by atoms with van der Waals surface area (Å²) in [5.74, 6) is -6.95. The van der Waals surface area contributed by atoms with Crippen molar-refractivity contribution in [1.29, 1.82) is 0 Å². The molecule has 17 heteroatoms. The molecule has 0 spiro atoms. The van der Waals surface area contributed by atoms with Crippen LogP contribution < -0.4 is 5.32 Å².